The van der Waals surface area contributed by atoms with Crippen molar-refractivity contribution in [1.82, 2.24) is 0 Å². The van der Waals surface area contributed by atoms with Crippen LogP contribution < -0.4 is 5.73 Å². The van der Waals surface area contributed by atoms with Crippen molar-refractivity contribution in [3.63, 3.8) is 0 Å². The third-order valence-corrected chi connectivity index (χ3v) is 2.75. The van der Waals surface area contributed by atoms with Gasteiger partial charge in [-0.2, -0.15) is 0 Å². The first kappa shape index (κ1) is 8.77. The van der Waals surface area contributed by atoms with Crippen LogP contribution in [0.1, 0.15) is 17.7 Å². The largest absolute Gasteiger partial charge is 0.480 e. The van der Waals surface area contributed by atoms with Crippen molar-refractivity contribution in [3.05, 3.63) is 22.1 Å². The van der Waals surface area contributed by atoms with Crippen LogP contribution in [-0.4, -0.2) is 11.1 Å². The molecule has 70 valence electrons. The summed E-state index contributed by atoms with van der Waals surface area (Å²) in [5.74, 6) is -0.653. The summed E-state index contributed by atoms with van der Waals surface area (Å²) in [7, 11) is 0. The number of hydrogen-bond acceptors (Lipinski definition) is 3. The molecule has 1 atom stereocenters. The van der Waals surface area contributed by atoms with Crippen molar-refractivity contribution in [2.24, 2.45) is 5.73 Å². The predicted octanol–water partition coefficient (Wildman–Crippen LogP) is 1.23. The van der Waals surface area contributed by atoms with Gasteiger partial charge in [-0.3, -0.25) is 0 Å². The first-order valence-electron chi connectivity index (χ1n) is 3.85. The second-order valence-corrected chi connectivity index (χ2v) is 3.96. The normalized spacial score (nSPS) is 26.0. The van der Waals surface area contributed by atoms with E-state index in [-0.39, 0.29) is 0 Å². The van der Waals surface area contributed by atoms with Gasteiger partial charge < -0.3 is 15.3 Å². The van der Waals surface area contributed by atoms with Gasteiger partial charge in [-0.1, -0.05) is 0 Å². The fourth-order valence-electron chi connectivity index (χ4n) is 1.61. The summed E-state index contributed by atoms with van der Waals surface area (Å²) in [6.07, 6.45) is 1.07. The van der Waals surface area contributed by atoms with E-state index in [1.54, 1.807) is 6.07 Å². The number of hydrogen-bond donors (Lipinski definition) is 2. The number of carboxylic acids is 1. The number of fused-ring (bicyclic) bond motifs is 1. The monoisotopic (exact) mass is 245 g/mol. The number of halogens is 1. The number of carboxylic acid groups (broad SMARTS) is 1. The molecule has 0 aromatic carbocycles. The Morgan fingerprint density at radius 1 is 1.77 bits per heavy atom. The molecule has 1 aliphatic carbocycles. The van der Waals surface area contributed by atoms with E-state index >= 15 is 0 Å². The molecule has 1 unspecified atom stereocenters. The Balaban J connectivity index is 2.53. The standard InChI is InChI=1S/C8H8BrNO3/c9-5-3-4-1-2-8(10,7(11)12)6(4)13-5/h3H,1-2,10H2,(H,11,12). The Hall–Kier alpha value is -0.810. The van der Waals surface area contributed by atoms with Crippen molar-refractivity contribution >= 4 is 21.9 Å². The van der Waals surface area contributed by atoms with Crippen LogP contribution in [-0.2, 0) is 16.8 Å². The Kier molecular flexibility index (Phi) is 1.75. The maximum Gasteiger partial charge on any atom is 0.331 e. The lowest BCUT2D eigenvalue weighted by molar-refractivity contribution is -0.144. The first-order valence-corrected chi connectivity index (χ1v) is 4.64. The zero-order valence-corrected chi connectivity index (χ0v) is 8.30. The SMILES string of the molecule is NC1(C(=O)O)CCc2cc(Br)oc21. The molecule has 2 rings (SSSR count). The van der Waals surface area contributed by atoms with Crippen LogP contribution in [0.25, 0.3) is 0 Å². The summed E-state index contributed by atoms with van der Waals surface area (Å²) in [6.45, 7) is 0. The van der Waals surface area contributed by atoms with Crippen LogP contribution in [0.15, 0.2) is 15.2 Å². The van der Waals surface area contributed by atoms with Crippen molar-refractivity contribution in [2.45, 2.75) is 18.4 Å². The number of nitrogens with two attached hydrogens (primary N) is 1. The van der Waals surface area contributed by atoms with Crippen molar-refractivity contribution in [2.75, 3.05) is 0 Å². The smallest absolute Gasteiger partial charge is 0.331 e. The molecule has 0 amide bonds. The fourth-order valence-corrected chi connectivity index (χ4v) is 2.05. The van der Waals surface area contributed by atoms with Gasteiger partial charge in [0.1, 0.15) is 5.76 Å². The molecule has 1 aliphatic rings. The minimum Gasteiger partial charge on any atom is -0.480 e. The lowest BCUT2D eigenvalue weighted by Crippen LogP contribution is -2.42. The molecule has 0 bridgehead atoms. The van der Waals surface area contributed by atoms with Gasteiger partial charge in [-0.15, -0.1) is 0 Å². The van der Waals surface area contributed by atoms with Crippen molar-refractivity contribution in [1.29, 1.82) is 0 Å². The summed E-state index contributed by atoms with van der Waals surface area (Å²) in [5, 5.41) is 8.93. The molecule has 0 spiro atoms. The topological polar surface area (TPSA) is 76.5 Å². The number of aryl methyl sites for hydroxylation is 1. The molecule has 0 saturated carbocycles. The average molecular weight is 246 g/mol. The van der Waals surface area contributed by atoms with Crippen LogP contribution in [0.2, 0.25) is 0 Å². The van der Waals surface area contributed by atoms with Crippen molar-refractivity contribution < 1.29 is 14.3 Å². The van der Waals surface area contributed by atoms with E-state index in [4.69, 9.17) is 15.3 Å². The maximum atomic E-state index is 10.9. The van der Waals surface area contributed by atoms with Gasteiger partial charge in [-0.25, -0.2) is 4.79 Å². The van der Waals surface area contributed by atoms with Gasteiger partial charge in [0, 0.05) is 0 Å². The number of aliphatic carboxylic acids is 1. The lowest BCUT2D eigenvalue weighted by atomic mass is 10.00. The van der Waals surface area contributed by atoms with E-state index in [2.05, 4.69) is 15.9 Å². The van der Waals surface area contributed by atoms with Gasteiger partial charge in [0.2, 0.25) is 0 Å². The summed E-state index contributed by atoms with van der Waals surface area (Å²) in [6, 6.07) is 1.77. The minimum absolute atomic E-state index is 0.381. The van der Waals surface area contributed by atoms with Gasteiger partial charge in [0.05, 0.1) is 0 Å². The minimum atomic E-state index is -1.33. The fraction of sp³-hybridized carbons (Fsp3) is 0.375. The summed E-state index contributed by atoms with van der Waals surface area (Å²) in [5.41, 5.74) is 5.27. The van der Waals surface area contributed by atoms with E-state index in [9.17, 15) is 4.79 Å². The van der Waals surface area contributed by atoms with Crippen LogP contribution >= 0.6 is 15.9 Å². The molecule has 4 nitrogen and oxygen atoms in total. The number of furan rings is 1. The summed E-state index contributed by atoms with van der Waals surface area (Å²) in [4.78, 5) is 10.9. The van der Waals surface area contributed by atoms with E-state index in [1.807, 2.05) is 0 Å². The Bertz CT molecular complexity index is 373. The van der Waals surface area contributed by atoms with E-state index in [0.717, 1.165) is 5.56 Å². The molecular formula is C8H8BrNO3. The molecule has 0 saturated heterocycles. The summed E-state index contributed by atoms with van der Waals surface area (Å²) >= 11 is 3.14. The lowest BCUT2D eigenvalue weighted by Gasteiger charge is -2.16. The van der Waals surface area contributed by atoms with Gasteiger partial charge in [0.25, 0.3) is 0 Å². The zero-order chi connectivity index (χ0) is 9.64. The Morgan fingerprint density at radius 2 is 2.46 bits per heavy atom. The molecule has 0 fully saturated rings. The van der Waals surface area contributed by atoms with Gasteiger partial charge in [-0.05, 0) is 40.4 Å². The van der Waals surface area contributed by atoms with Crippen LogP contribution in [0.4, 0.5) is 0 Å². The second-order valence-electron chi connectivity index (χ2n) is 3.18. The molecule has 1 aromatic rings. The van der Waals surface area contributed by atoms with Crippen LogP contribution in [0.3, 0.4) is 0 Å². The maximum absolute atomic E-state index is 10.9. The quantitative estimate of drug-likeness (QED) is 0.781. The molecule has 5 heteroatoms. The molecule has 3 N–H and O–H groups in total. The van der Waals surface area contributed by atoms with Crippen molar-refractivity contribution in [3.8, 4) is 0 Å². The number of rotatable bonds is 1. The van der Waals surface area contributed by atoms with Gasteiger partial charge >= 0.3 is 5.97 Å². The molecule has 1 heterocycles. The third kappa shape index (κ3) is 1.11. The highest BCUT2D eigenvalue weighted by atomic mass is 79.9. The molecular weight excluding hydrogens is 238 g/mol. The highest BCUT2D eigenvalue weighted by Gasteiger charge is 2.45. The van der Waals surface area contributed by atoms with E-state index in [1.165, 1.54) is 0 Å². The molecule has 1 aromatic heterocycles. The molecule has 0 radical (unpaired) electrons. The van der Waals surface area contributed by atoms with Crippen LogP contribution in [0, 0.1) is 0 Å². The zero-order valence-electron chi connectivity index (χ0n) is 6.71. The first-order chi connectivity index (χ1) is 6.04. The van der Waals surface area contributed by atoms with Crippen LogP contribution in [0.5, 0.6) is 0 Å². The Labute approximate surface area is 82.8 Å². The molecule has 0 aliphatic heterocycles. The van der Waals surface area contributed by atoms with E-state index in [0.29, 0.717) is 23.3 Å². The highest BCUT2D eigenvalue weighted by Crippen LogP contribution is 2.38. The second kappa shape index (κ2) is 2.59. The summed E-state index contributed by atoms with van der Waals surface area (Å²) < 4.78 is 5.75. The molecule has 13 heavy (non-hydrogen) atoms. The average Bonchev–Trinajstić information content (AvgIpc) is 2.53. The Morgan fingerprint density at radius 3 is 3.08 bits per heavy atom. The highest BCUT2D eigenvalue weighted by molar-refractivity contribution is 9.10. The number of carbonyl (C=O) groups is 1. The third-order valence-electron chi connectivity index (χ3n) is 2.35. The van der Waals surface area contributed by atoms with Gasteiger partial charge in [0.15, 0.2) is 10.2 Å². The van der Waals surface area contributed by atoms with E-state index < -0.39 is 11.5 Å². The predicted molar refractivity (Wildman–Crippen MR) is 48.2 cm³/mol.